The standard InChI is InChI=1S/C37H31F4N7O6/c38-19-11-21(31(41)22(12-19)36(51)52)28-15-29-23(16-43-28)33(47-45-29)37(53)54-30-14-25(39)20(13-26(30)40)35(50)48-10-8-27-24(17-48)32(46-44-27)34(49)42-9-4-7-18-5-2-1-3-6-18/h1-3,5-6,11-14,28,43H,4,7-10,15-17H2,(H,42,49)(H,44,46)(H,45,47)(H,51,52). The Bertz CT molecular complexity index is 2290. The van der Waals surface area contributed by atoms with Gasteiger partial charge in [0.15, 0.2) is 23.0 Å². The molecule has 17 heteroatoms. The number of H-pyrrole nitrogens is 2. The van der Waals surface area contributed by atoms with E-state index in [1.807, 2.05) is 30.3 Å². The summed E-state index contributed by atoms with van der Waals surface area (Å²) in [5, 5.41) is 28.5. The Morgan fingerprint density at radius 3 is 2.44 bits per heavy atom. The largest absolute Gasteiger partial charge is 0.478 e. The highest BCUT2D eigenvalue weighted by Gasteiger charge is 2.33. The molecule has 0 bridgehead atoms. The summed E-state index contributed by atoms with van der Waals surface area (Å²) < 4.78 is 64.8. The smallest absolute Gasteiger partial charge is 0.364 e. The number of ether oxygens (including phenoxy) is 1. The normalized spacial score (nSPS) is 15.0. The number of nitrogens with zero attached hydrogens (tertiary/aromatic N) is 3. The van der Waals surface area contributed by atoms with Gasteiger partial charge in [-0.05, 0) is 36.6 Å². The number of benzene rings is 3. The zero-order chi connectivity index (χ0) is 38.1. The van der Waals surface area contributed by atoms with Crippen LogP contribution in [0.4, 0.5) is 17.6 Å². The van der Waals surface area contributed by atoms with Gasteiger partial charge in [0.1, 0.15) is 17.5 Å². The van der Waals surface area contributed by atoms with Crippen molar-refractivity contribution in [2.75, 3.05) is 13.1 Å². The summed E-state index contributed by atoms with van der Waals surface area (Å²) in [5.41, 5.74) is 0.976. The van der Waals surface area contributed by atoms with Crippen LogP contribution in [0.3, 0.4) is 0 Å². The molecule has 2 aromatic heterocycles. The van der Waals surface area contributed by atoms with Gasteiger partial charge in [-0.25, -0.2) is 27.2 Å². The fourth-order valence-corrected chi connectivity index (χ4v) is 6.64. The van der Waals surface area contributed by atoms with E-state index in [-0.39, 0.29) is 48.6 Å². The number of carboxylic acid groups (broad SMARTS) is 1. The quantitative estimate of drug-likeness (QED) is 0.0593. The Kier molecular flexibility index (Phi) is 9.96. The first kappa shape index (κ1) is 36.0. The Morgan fingerprint density at radius 2 is 1.67 bits per heavy atom. The minimum atomic E-state index is -1.64. The summed E-state index contributed by atoms with van der Waals surface area (Å²) in [4.78, 5) is 52.0. The first-order valence-electron chi connectivity index (χ1n) is 16.9. The Hall–Kier alpha value is -6.36. The SMILES string of the molecule is O=C(O)c1cc(F)cc(C2Cc3[nH]nc(C(=O)Oc4cc(F)c(C(=O)N5CCc6[nH]nc(C(=O)NCCCc7ccccc7)c6C5)cc4F)c3CN2)c1F. The van der Waals surface area contributed by atoms with Gasteiger partial charge >= 0.3 is 11.9 Å². The fraction of sp³-hybridized carbons (Fsp3) is 0.243. The lowest BCUT2D eigenvalue weighted by Gasteiger charge is -2.27. The molecule has 0 radical (unpaired) electrons. The van der Waals surface area contributed by atoms with E-state index in [9.17, 15) is 33.1 Å². The van der Waals surface area contributed by atoms with Gasteiger partial charge < -0.3 is 25.4 Å². The van der Waals surface area contributed by atoms with E-state index in [1.54, 1.807) is 0 Å². The van der Waals surface area contributed by atoms with Crippen LogP contribution < -0.4 is 15.4 Å². The third-order valence-electron chi connectivity index (χ3n) is 9.41. The van der Waals surface area contributed by atoms with Gasteiger partial charge in [0.25, 0.3) is 11.8 Å². The van der Waals surface area contributed by atoms with Gasteiger partial charge in [-0.1, -0.05) is 30.3 Å². The molecule has 3 aromatic carbocycles. The lowest BCUT2D eigenvalue weighted by atomic mass is 9.93. The average molecular weight is 746 g/mol. The molecule has 2 aliphatic heterocycles. The molecule has 4 heterocycles. The summed E-state index contributed by atoms with van der Waals surface area (Å²) in [6.07, 6.45) is 1.71. The van der Waals surface area contributed by atoms with Crippen molar-refractivity contribution in [1.29, 1.82) is 0 Å². The van der Waals surface area contributed by atoms with Crippen molar-refractivity contribution in [2.45, 2.75) is 44.8 Å². The van der Waals surface area contributed by atoms with Crippen molar-refractivity contribution in [3.63, 3.8) is 0 Å². The molecule has 1 atom stereocenters. The number of nitrogens with one attached hydrogen (secondary N) is 4. The van der Waals surface area contributed by atoms with Crippen LogP contribution in [0.1, 0.15) is 87.8 Å². The van der Waals surface area contributed by atoms with Crippen molar-refractivity contribution in [3.05, 3.63) is 134 Å². The number of hydrogen-bond donors (Lipinski definition) is 5. The predicted octanol–water partition coefficient (Wildman–Crippen LogP) is 4.55. The number of halogens is 4. The van der Waals surface area contributed by atoms with Crippen LogP contribution in [0.25, 0.3) is 0 Å². The molecule has 278 valence electrons. The summed E-state index contributed by atoms with van der Waals surface area (Å²) in [6, 6.07) is 11.6. The maximum atomic E-state index is 15.4. The minimum absolute atomic E-state index is 0.0490. The van der Waals surface area contributed by atoms with Crippen LogP contribution in [0.2, 0.25) is 0 Å². The topological polar surface area (TPSA) is 182 Å². The van der Waals surface area contributed by atoms with Gasteiger partial charge in [-0.3, -0.25) is 19.8 Å². The second kappa shape index (κ2) is 14.9. The number of rotatable bonds is 10. The Balaban J connectivity index is 0.993. The minimum Gasteiger partial charge on any atom is -0.478 e. The fourth-order valence-electron chi connectivity index (χ4n) is 6.64. The molecule has 0 fully saturated rings. The number of fused-ring (bicyclic) bond motifs is 2. The van der Waals surface area contributed by atoms with Crippen molar-refractivity contribution < 1.29 is 46.6 Å². The number of carbonyl (C=O) groups excluding carboxylic acids is 3. The molecular weight excluding hydrogens is 714 g/mol. The molecule has 0 spiro atoms. The maximum absolute atomic E-state index is 15.4. The number of carboxylic acids is 1. The molecule has 1 unspecified atom stereocenters. The van der Waals surface area contributed by atoms with Crippen molar-refractivity contribution in [2.24, 2.45) is 0 Å². The summed E-state index contributed by atoms with van der Waals surface area (Å²) >= 11 is 0. The first-order chi connectivity index (χ1) is 26.0. The second-order valence-corrected chi connectivity index (χ2v) is 12.8. The predicted molar refractivity (Wildman–Crippen MR) is 181 cm³/mol. The molecule has 54 heavy (non-hydrogen) atoms. The molecule has 0 aliphatic carbocycles. The van der Waals surface area contributed by atoms with Crippen molar-refractivity contribution >= 4 is 23.8 Å². The molecule has 0 saturated carbocycles. The van der Waals surface area contributed by atoms with Crippen LogP contribution in [0.5, 0.6) is 5.75 Å². The third-order valence-corrected chi connectivity index (χ3v) is 9.41. The van der Waals surface area contributed by atoms with E-state index in [2.05, 4.69) is 31.0 Å². The monoisotopic (exact) mass is 745 g/mol. The molecule has 0 saturated heterocycles. The van der Waals surface area contributed by atoms with Crippen molar-refractivity contribution in [1.82, 2.24) is 35.9 Å². The highest BCUT2D eigenvalue weighted by molar-refractivity contribution is 5.97. The molecular formula is C37H31F4N7O6. The zero-order valence-electron chi connectivity index (χ0n) is 28.3. The van der Waals surface area contributed by atoms with E-state index < -0.39 is 69.9 Å². The number of amides is 2. The van der Waals surface area contributed by atoms with Gasteiger partial charge in [-0.15, -0.1) is 0 Å². The van der Waals surface area contributed by atoms with Gasteiger partial charge in [0.05, 0.1) is 17.7 Å². The van der Waals surface area contributed by atoms with E-state index in [1.165, 1.54) is 4.90 Å². The maximum Gasteiger partial charge on any atom is 0.364 e. The molecule has 2 aliphatic rings. The average Bonchev–Trinajstić information content (AvgIpc) is 3.79. The molecule has 13 nitrogen and oxygen atoms in total. The van der Waals surface area contributed by atoms with Crippen LogP contribution in [-0.4, -0.2) is 67.2 Å². The molecule has 5 aromatic rings. The van der Waals surface area contributed by atoms with E-state index in [0.717, 1.165) is 18.1 Å². The summed E-state index contributed by atoms with van der Waals surface area (Å²) in [7, 11) is 0. The highest BCUT2D eigenvalue weighted by atomic mass is 19.1. The van der Waals surface area contributed by atoms with Crippen LogP contribution in [-0.2, 0) is 32.4 Å². The summed E-state index contributed by atoms with van der Waals surface area (Å²) in [6.45, 7) is 0.333. The summed E-state index contributed by atoms with van der Waals surface area (Å²) in [5.74, 6) is -9.32. The number of aromatic amines is 2. The lowest BCUT2D eigenvalue weighted by molar-refractivity contribution is 0.0685. The Morgan fingerprint density at radius 1 is 0.907 bits per heavy atom. The molecule has 5 N–H and O–H groups in total. The van der Waals surface area contributed by atoms with E-state index in [0.29, 0.717) is 54.5 Å². The second-order valence-electron chi connectivity index (χ2n) is 12.8. The molecule has 2 amide bonds. The van der Waals surface area contributed by atoms with Crippen molar-refractivity contribution in [3.8, 4) is 5.75 Å². The Labute approximate surface area is 303 Å². The number of carbonyl (C=O) groups is 4. The highest BCUT2D eigenvalue weighted by Crippen LogP contribution is 2.31. The number of aromatic carboxylic acids is 1. The zero-order valence-corrected chi connectivity index (χ0v) is 28.3. The number of aryl methyl sites for hydroxylation is 1. The van der Waals surface area contributed by atoms with E-state index in [4.69, 9.17) is 4.74 Å². The lowest BCUT2D eigenvalue weighted by Crippen LogP contribution is -2.37. The number of aromatic nitrogens is 4. The van der Waals surface area contributed by atoms with Gasteiger partial charge in [0, 0.05) is 72.7 Å². The number of hydrogen-bond acceptors (Lipinski definition) is 8. The molecule has 7 rings (SSSR count). The van der Waals surface area contributed by atoms with Crippen LogP contribution in [0, 0.1) is 23.3 Å². The van der Waals surface area contributed by atoms with Gasteiger partial charge in [0.2, 0.25) is 0 Å². The van der Waals surface area contributed by atoms with Gasteiger partial charge in [-0.2, -0.15) is 10.2 Å². The van der Waals surface area contributed by atoms with Crippen LogP contribution >= 0.6 is 0 Å². The number of esters is 1. The third kappa shape index (κ3) is 7.17. The van der Waals surface area contributed by atoms with E-state index >= 15 is 8.78 Å². The van der Waals surface area contributed by atoms with Crippen LogP contribution in [0.15, 0.2) is 54.6 Å². The first-order valence-corrected chi connectivity index (χ1v) is 16.9.